The number of carbonyl (C=O) groups excluding carboxylic acids is 1. The monoisotopic (exact) mass is 253 g/mol. The molecule has 1 saturated carbocycles. The number of thiazole rings is 1. The Morgan fingerprint density at radius 3 is 3.00 bits per heavy atom. The van der Waals surface area contributed by atoms with Crippen LogP contribution in [0.1, 0.15) is 30.0 Å². The minimum absolute atomic E-state index is 0.131. The zero-order valence-corrected chi connectivity index (χ0v) is 11.0. The molecule has 1 heterocycles. The molecule has 1 aliphatic carbocycles. The maximum Gasteiger partial charge on any atom is 0.221 e. The number of nitrogens with zero attached hydrogens (tertiary/aromatic N) is 1. The zero-order chi connectivity index (χ0) is 12.1. The molecule has 0 aliphatic heterocycles. The quantitative estimate of drug-likeness (QED) is 0.769. The molecule has 0 spiro atoms. The van der Waals surface area contributed by atoms with Crippen LogP contribution in [0, 0.1) is 6.92 Å². The number of hydrogen-bond donors (Lipinski definition) is 2. The molecule has 1 aliphatic rings. The van der Waals surface area contributed by atoms with Gasteiger partial charge in [-0.05, 0) is 19.8 Å². The molecule has 5 heteroatoms. The number of rotatable bonds is 7. The summed E-state index contributed by atoms with van der Waals surface area (Å²) in [4.78, 5) is 15.8. The highest BCUT2D eigenvalue weighted by atomic mass is 32.1. The van der Waals surface area contributed by atoms with Crippen molar-refractivity contribution < 1.29 is 4.79 Å². The maximum absolute atomic E-state index is 11.5. The molecule has 17 heavy (non-hydrogen) atoms. The Hall–Kier alpha value is -0.940. The third-order valence-corrected chi connectivity index (χ3v) is 3.72. The summed E-state index contributed by atoms with van der Waals surface area (Å²) in [6.45, 7) is 3.48. The van der Waals surface area contributed by atoms with Gasteiger partial charge in [0.15, 0.2) is 0 Å². The van der Waals surface area contributed by atoms with Gasteiger partial charge in [-0.25, -0.2) is 4.98 Å². The highest BCUT2D eigenvalue weighted by Gasteiger charge is 2.19. The van der Waals surface area contributed by atoms with Crippen LogP contribution >= 0.6 is 11.3 Å². The van der Waals surface area contributed by atoms with Gasteiger partial charge in [-0.3, -0.25) is 4.79 Å². The molecular formula is C12H19N3OS. The Morgan fingerprint density at radius 1 is 1.53 bits per heavy atom. The van der Waals surface area contributed by atoms with E-state index in [1.165, 1.54) is 12.8 Å². The summed E-state index contributed by atoms with van der Waals surface area (Å²) in [5.74, 6) is 0.131. The molecule has 1 aromatic heterocycles. The van der Waals surface area contributed by atoms with Crippen LogP contribution < -0.4 is 10.6 Å². The predicted molar refractivity (Wildman–Crippen MR) is 69.2 cm³/mol. The summed E-state index contributed by atoms with van der Waals surface area (Å²) in [7, 11) is 0. The van der Waals surface area contributed by atoms with Gasteiger partial charge in [0.2, 0.25) is 5.91 Å². The number of aryl methyl sites for hydroxylation is 1. The van der Waals surface area contributed by atoms with Gasteiger partial charge < -0.3 is 10.6 Å². The summed E-state index contributed by atoms with van der Waals surface area (Å²) >= 11 is 1.66. The molecule has 94 valence electrons. The lowest BCUT2D eigenvalue weighted by atomic mass is 10.3. The average Bonchev–Trinajstić information content (AvgIpc) is 3.02. The van der Waals surface area contributed by atoms with Crippen LogP contribution in [0.4, 0.5) is 0 Å². The van der Waals surface area contributed by atoms with Gasteiger partial charge in [0.1, 0.15) is 0 Å². The van der Waals surface area contributed by atoms with Crippen molar-refractivity contribution >= 4 is 17.2 Å². The predicted octanol–water partition coefficient (Wildman–Crippen LogP) is 1.25. The normalized spacial score (nSPS) is 14.9. The van der Waals surface area contributed by atoms with Gasteiger partial charge in [-0.2, -0.15) is 0 Å². The highest BCUT2D eigenvalue weighted by Crippen LogP contribution is 2.18. The topological polar surface area (TPSA) is 54.0 Å². The van der Waals surface area contributed by atoms with Gasteiger partial charge in [0.25, 0.3) is 0 Å². The molecule has 1 aromatic rings. The van der Waals surface area contributed by atoms with Gasteiger partial charge >= 0.3 is 0 Å². The van der Waals surface area contributed by atoms with Crippen molar-refractivity contribution in [1.29, 1.82) is 0 Å². The summed E-state index contributed by atoms with van der Waals surface area (Å²) in [6, 6.07) is 0.682. The van der Waals surface area contributed by atoms with E-state index < -0.39 is 0 Å². The Balaban J connectivity index is 1.53. The van der Waals surface area contributed by atoms with E-state index in [4.69, 9.17) is 0 Å². The van der Waals surface area contributed by atoms with Crippen LogP contribution in [0.25, 0.3) is 0 Å². The first-order valence-corrected chi connectivity index (χ1v) is 7.03. The summed E-state index contributed by atoms with van der Waals surface area (Å²) in [6.07, 6.45) is 3.95. The minimum Gasteiger partial charge on any atom is -0.356 e. The van der Waals surface area contributed by atoms with Crippen molar-refractivity contribution in [1.82, 2.24) is 15.6 Å². The van der Waals surface area contributed by atoms with E-state index in [-0.39, 0.29) is 5.91 Å². The van der Waals surface area contributed by atoms with E-state index in [9.17, 15) is 4.79 Å². The van der Waals surface area contributed by atoms with Crippen LogP contribution in [0.5, 0.6) is 0 Å². The van der Waals surface area contributed by atoms with Crippen LogP contribution in [0.15, 0.2) is 5.38 Å². The van der Waals surface area contributed by atoms with Crippen LogP contribution in [0.3, 0.4) is 0 Å². The average molecular weight is 253 g/mol. The molecule has 2 rings (SSSR count). The standard InChI is InChI=1S/C12H19N3OS/c1-9-8-17-12(15-9)5-7-14-11(16)4-6-13-10-2-3-10/h8,10,13H,2-7H2,1H3,(H,14,16). The molecule has 0 atom stereocenters. The van der Waals surface area contributed by atoms with E-state index in [1.807, 2.05) is 12.3 Å². The number of hydrogen-bond acceptors (Lipinski definition) is 4. The van der Waals surface area contributed by atoms with Crippen molar-refractivity contribution in [3.8, 4) is 0 Å². The number of carbonyl (C=O) groups is 1. The van der Waals surface area contributed by atoms with Gasteiger partial charge in [0.05, 0.1) is 5.01 Å². The van der Waals surface area contributed by atoms with E-state index in [2.05, 4.69) is 15.6 Å². The van der Waals surface area contributed by atoms with E-state index in [0.29, 0.717) is 19.0 Å². The SMILES string of the molecule is Cc1csc(CCNC(=O)CCNC2CC2)n1. The largest absolute Gasteiger partial charge is 0.356 e. The van der Waals surface area contributed by atoms with E-state index >= 15 is 0 Å². The zero-order valence-electron chi connectivity index (χ0n) is 10.2. The second kappa shape index (κ2) is 6.12. The first-order valence-electron chi connectivity index (χ1n) is 6.15. The molecule has 2 N–H and O–H groups in total. The molecule has 1 amide bonds. The van der Waals surface area contributed by atoms with Crippen LogP contribution in [0.2, 0.25) is 0 Å². The van der Waals surface area contributed by atoms with E-state index in [1.54, 1.807) is 11.3 Å². The molecular weight excluding hydrogens is 234 g/mol. The smallest absolute Gasteiger partial charge is 0.221 e. The van der Waals surface area contributed by atoms with Gasteiger partial charge in [-0.15, -0.1) is 11.3 Å². The molecule has 0 aromatic carbocycles. The third-order valence-electron chi connectivity index (χ3n) is 2.69. The third kappa shape index (κ3) is 4.83. The van der Waals surface area contributed by atoms with Crippen molar-refractivity contribution in [2.45, 2.75) is 38.6 Å². The Morgan fingerprint density at radius 2 is 2.35 bits per heavy atom. The first kappa shape index (κ1) is 12.5. The summed E-state index contributed by atoms with van der Waals surface area (Å²) < 4.78 is 0. The van der Waals surface area contributed by atoms with E-state index in [0.717, 1.165) is 23.7 Å². The van der Waals surface area contributed by atoms with Crippen molar-refractivity contribution in [2.24, 2.45) is 0 Å². The molecule has 0 radical (unpaired) electrons. The summed E-state index contributed by atoms with van der Waals surface area (Å²) in [5.41, 5.74) is 1.06. The van der Waals surface area contributed by atoms with Crippen molar-refractivity contribution in [3.63, 3.8) is 0 Å². The lowest BCUT2D eigenvalue weighted by Crippen LogP contribution is -2.29. The molecule has 0 bridgehead atoms. The Labute approximate surface area is 106 Å². The Kier molecular flexibility index (Phi) is 4.50. The van der Waals surface area contributed by atoms with Crippen LogP contribution in [-0.2, 0) is 11.2 Å². The number of aromatic nitrogens is 1. The van der Waals surface area contributed by atoms with Gasteiger partial charge in [0, 0.05) is 43.0 Å². The lowest BCUT2D eigenvalue weighted by Gasteiger charge is -2.04. The molecule has 1 fully saturated rings. The molecule has 4 nitrogen and oxygen atoms in total. The van der Waals surface area contributed by atoms with Gasteiger partial charge in [-0.1, -0.05) is 0 Å². The first-order chi connectivity index (χ1) is 8.24. The minimum atomic E-state index is 0.131. The number of nitrogens with one attached hydrogen (secondary N) is 2. The lowest BCUT2D eigenvalue weighted by molar-refractivity contribution is -0.120. The fourth-order valence-corrected chi connectivity index (χ4v) is 2.37. The van der Waals surface area contributed by atoms with Crippen LogP contribution in [-0.4, -0.2) is 30.0 Å². The Bertz CT molecular complexity index is 374. The maximum atomic E-state index is 11.5. The second-order valence-electron chi connectivity index (χ2n) is 4.46. The fourth-order valence-electron chi connectivity index (χ4n) is 1.59. The molecule has 0 saturated heterocycles. The van der Waals surface area contributed by atoms with Crippen molar-refractivity contribution in [3.05, 3.63) is 16.1 Å². The highest BCUT2D eigenvalue weighted by molar-refractivity contribution is 7.09. The summed E-state index contributed by atoms with van der Waals surface area (Å²) in [5, 5.41) is 9.38. The number of amides is 1. The fraction of sp³-hybridized carbons (Fsp3) is 0.667. The van der Waals surface area contributed by atoms with Crippen molar-refractivity contribution in [2.75, 3.05) is 13.1 Å². The molecule has 0 unspecified atom stereocenters. The second-order valence-corrected chi connectivity index (χ2v) is 5.40.